The number of benzene rings is 2. The number of hydrogen-bond acceptors (Lipinski definition) is 6. The molecule has 0 unspecified atom stereocenters. The van der Waals surface area contributed by atoms with Gasteiger partial charge in [0.25, 0.3) is 0 Å². The summed E-state index contributed by atoms with van der Waals surface area (Å²) in [6, 6.07) is 18.8. The van der Waals surface area contributed by atoms with Gasteiger partial charge in [0.15, 0.2) is 0 Å². The van der Waals surface area contributed by atoms with Gasteiger partial charge in [-0.2, -0.15) is 5.26 Å². The average molecular weight is 331 g/mol. The molecule has 0 radical (unpaired) electrons. The highest BCUT2D eigenvalue weighted by molar-refractivity contribution is 5.67. The maximum Gasteiger partial charge on any atom is 0.142 e. The number of anilines is 4. The molecule has 3 rings (SSSR count). The molecule has 6 heteroatoms. The van der Waals surface area contributed by atoms with E-state index in [0.717, 1.165) is 17.1 Å². The van der Waals surface area contributed by atoms with Gasteiger partial charge in [-0.05, 0) is 43.3 Å². The van der Waals surface area contributed by atoms with Crippen molar-refractivity contribution in [3.63, 3.8) is 0 Å². The van der Waals surface area contributed by atoms with Crippen LogP contribution in [0.3, 0.4) is 0 Å². The summed E-state index contributed by atoms with van der Waals surface area (Å²) in [5.41, 5.74) is 2.30. The van der Waals surface area contributed by atoms with Crippen LogP contribution in [0.5, 0.6) is 5.75 Å². The highest BCUT2D eigenvalue weighted by Crippen LogP contribution is 2.27. The van der Waals surface area contributed by atoms with Crippen LogP contribution < -0.4 is 15.4 Å². The highest BCUT2D eigenvalue weighted by Gasteiger charge is 2.05. The molecule has 3 aromatic rings. The first-order chi connectivity index (χ1) is 12.3. The lowest BCUT2D eigenvalue weighted by atomic mass is 10.2. The van der Waals surface area contributed by atoms with Crippen molar-refractivity contribution in [2.75, 3.05) is 17.2 Å². The average Bonchev–Trinajstić information content (AvgIpc) is 2.65. The minimum atomic E-state index is 0.591. The van der Waals surface area contributed by atoms with E-state index in [0.29, 0.717) is 23.8 Å². The Hall–Kier alpha value is -3.59. The van der Waals surface area contributed by atoms with Crippen LogP contribution in [0, 0.1) is 11.3 Å². The molecular formula is C19H17N5O. The normalized spacial score (nSPS) is 9.92. The van der Waals surface area contributed by atoms with E-state index in [4.69, 9.17) is 10.00 Å². The molecule has 6 nitrogen and oxygen atoms in total. The van der Waals surface area contributed by atoms with E-state index in [-0.39, 0.29) is 0 Å². The van der Waals surface area contributed by atoms with Crippen LogP contribution in [0.15, 0.2) is 60.9 Å². The summed E-state index contributed by atoms with van der Waals surface area (Å²) in [7, 11) is 0. The largest absolute Gasteiger partial charge is 0.492 e. The van der Waals surface area contributed by atoms with Gasteiger partial charge in [-0.15, -0.1) is 0 Å². The molecule has 124 valence electrons. The van der Waals surface area contributed by atoms with Gasteiger partial charge in [0.1, 0.15) is 23.7 Å². The molecule has 25 heavy (non-hydrogen) atoms. The van der Waals surface area contributed by atoms with Crippen molar-refractivity contribution in [3.05, 3.63) is 66.5 Å². The molecule has 2 aromatic carbocycles. The zero-order valence-corrected chi connectivity index (χ0v) is 13.7. The molecular weight excluding hydrogens is 314 g/mol. The molecule has 0 amide bonds. The van der Waals surface area contributed by atoms with Crippen molar-refractivity contribution in [2.45, 2.75) is 6.92 Å². The first kappa shape index (κ1) is 16.3. The van der Waals surface area contributed by atoms with Gasteiger partial charge in [-0.25, -0.2) is 9.97 Å². The van der Waals surface area contributed by atoms with Crippen LogP contribution in [0.25, 0.3) is 0 Å². The Balaban J connectivity index is 1.76. The summed E-state index contributed by atoms with van der Waals surface area (Å²) in [5, 5.41) is 15.3. The number of aromatic nitrogens is 2. The SMILES string of the molecule is CCOc1ccccc1Nc1cc(Nc2ccc(C#N)cc2)ncn1. The lowest BCUT2D eigenvalue weighted by molar-refractivity contribution is 0.342. The summed E-state index contributed by atoms with van der Waals surface area (Å²) < 4.78 is 5.61. The predicted molar refractivity (Wildman–Crippen MR) is 97.4 cm³/mol. The van der Waals surface area contributed by atoms with Crippen LogP contribution in [-0.4, -0.2) is 16.6 Å². The standard InChI is InChI=1S/C19H17N5O/c1-2-25-17-6-4-3-5-16(17)24-19-11-18(21-13-22-19)23-15-9-7-14(12-20)8-10-15/h3-11,13H,2H2,1H3,(H2,21,22,23,24). The predicted octanol–water partition coefficient (Wildman–Crippen LogP) is 4.23. The maximum absolute atomic E-state index is 8.85. The Morgan fingerprint density at radius 2 is 1.72 bits per heavy atom. The number of ether oxygens (including phenoxy) is 1. The second-order valence-electron chi connectivity index (χ2n) is 5.16. The van der Waals surface area contributed by atoms with E-state index in [2.05, 4.69) is 26.7 Å². The molecule has 0 aliphatic carbocycles. The summed E-state index contributed by atoms with van der Waals surface area (Å²) in [4.78, 5) is 8.46. The van der Waals surface area contributed by atoms with Crippen molar-refractivity contribution < 1.29 is 4.74 Å². The summed E-state index contributed by atoms with van der Waals surface area (Å²) in [5.74, 6) is 2.07. The molecule has 1 heterocycles. The molecule has 0 atom stereocenters. The van der Waals surface area contributed by atoms with Crippen molar-refractivity contribution in [2.24, 2.45) is 0 Å². The smallest absolute Gasteiger partial charge is 0.142 e. The third-order valence-corrected chi connectivity index (χ3v) is 3.40. The monoisotopic (exact) mass is 331 g/mol. The molecule has 2 N–H and O–H groups in total. The van der Waals surface area contributed by atoms with Gasteiger partial charge in [0, 0.05) is 11.8 Å². The first-order valence-electron chi connectivity index (χ1n) is 7.86. The van der Waals surface area contributed by atoms with Gasteiger partial charge in [0.2, 0.25) is 0 Å². The lowest BCUT2D eigenvalue weighted by Crippen LogP contribution is -2.01. The molecule has 1 aromatic heterocycles. The number of hydrogen-bond donors (Lipinski definition) is 2. The third-order valence-electron chi connectivity index (χ3n) is 3.40. The number of nitrogens with zero attached hydrogens (tertiary/aromatic N) is 3. The van der Waals surface area contributed by atoms with Gasteiger partial charge in [0.05, 0.1) is 23.9 Å². The Bertz CT molecular complexity index is 887. The van der Waals surface area contributed by atoms with Crippen LogP contribution in [0.2, 0.25) is 0 Å². The van der Waals surface area contributed by atoms with E-state index >= 15 is 0 Å². The number of nitriles is 1. The molecule has 0 saturated carbocycles. The van der Waals surface area contributed by atoms with Crippen molar-refractivity contribution >= 4 is 23.0 Å². The van der Waals surface area contributed by atoms with Crippen LogP contribution in [0.1, 0.15) is 12.5 Å². The second kappa shape index (κ2) is 7.79. The lowest BCUT2D eigenvalue weighted by Gasteiger charge is -2.12. The molecule has 0 aliphatic rings. The Kier molecular flexibility index (Phi) is 5.07. The number of para-hydroxylation sites is 2. The van der Waals surface area contributed by atoms with Crippen LogP contribution in [-0.2, 0) is 0 Å². The van der Waals surface area contributed by atoms with Gasteiger partial charge >= 0.3 is 0 Å². The van der Waals surface area contributed by atoms with E-state index in [9.17, 15) is 0 Å². The molecule has 0 saturated heterocycles. The molecule has 0 aliphatic heterocycles. The van der Waals surface area contributed by atoms with Gasteiger partial charge < -0.3 is 15.4 Å². The zero-order chi connectivity index (χ0) is 17.5. The summed E-state index contributed by atoms with van der Waals surface area (Å²) in [6.45, 7) is 2.54. The Labute approximate surface area is 146 Å². The second-order valence-corrected chi connectivity index (χ2v) is 5.16. The van der Waals surface area contributed by atoms with Crippen LogP contribution in [0.4, 0.5) is 23.0 Å². The van der Waals surface area contributed by atoms with Gasteiger partial charge in [-0.1, -0.05) is 12.1 Å². The summed E-state index contributed by atoms with van der Waals surface area (Å²) >= 11 is 0. The fourth-order valence-corrected chi connectivity index (χ4v) is 2.26. The fraction of sp³-hybridized carbons (Fsp3) is 0.105. The van der Waals surface area contributed by atoms with Crippen LogP contribution >= 0.6 is 0 Å². The van der Waals surface area contributed by atoms with Crippen molar-refractivity contribution in [1.82, 2.24) is 9.97 Å². The molecule has 0 fully saturated rings. The topological polar surface area (TPSA) is 82.9 Å². The minimum Gasteiger partial charge on any atom is -0.492 e. The first-order valence-corrected chi connectivity index (χ1v) is 7.86. The molecule has 0 bridgehead atoms. The molecule has 0 spiro atoms. The van der Waals surface area contributed by atoms with Crippen molar-refractivity contribution in [3.8, 4) is 11.8 Å². The van der Waals surface area contributed by atoms with E-state index in [1.54, 1.807) is 18.2 Å². The van der Waals surface area contributed by atoms with E-state index < -0.39 is 0 Å². The zero-order valence-electron chi connectivity index (χ0n) is 13.7. The number of rotatable bonds is 6. The summed E-state index contributed by atoms with van der Waals surface area (Å²) in [6.07, 6.45) is 1.48. The number of nitrogens with one attached hydrogen (secondary N) is 2. The fourth-order valence-electron chi connectivity index (χ4n) is 2.26. The quantitative estimate of drug-likeness (QED) is 0.703. The Morgan fingerprint density at radius 1 is 1.00 bits per heavy atom. The van der Waals surface area contributed by atoms with Crippen molar-refractivity contribution in [1.29, 1.82) is 5.26 Å². The van der Waals surface area contributed by atoms with E-state index in [1.165, 1.54) is 6.33 Å². The highest BCUT2D eigenvalue weighted by atomic mass is 16.5. The Morgan fingerprint density at radius 3 is 2.44 bits per heavy atom. The van der Waals surface area contributed by atoms with E-state index in [1.807, 2.05) is 43.3 Å². The minimum absolute atomic E-state index is 0.591. The third kappa shape index (κ3) is 4.24. The maximum atomic E-state index is 8.85. The van der Waals surface area contributed by atoms with Gasteiger partial charge in [-0.3, -0.25) is 0 Å².